The molecule has 142 valence electrons. The van der Waals surface area contributed by atoms with E-state index in [1.807, 2.05) is 0 Å². The van der Waals surface area contributed by atoms with Crippen molar-refractivity contribution >= 4 is 5.57 Å². The first kappa shape index (κ1) is 18.7. The van der Waals surface area contributed by atoms with Crippen LogP contribution in [0.15, 0.2) is 73.3 Å². The van der Waals surface area contributed by atoms with Crippen LogP contribution in [0.2, 0.25) is 0 Å². The van der Waals surface area contributed by atoms with Crippen molar-refractivity contribution < 1.29 is 0 Å². The maximum Gasteiger partial charge on any atom is -0.00806 e. The third-order valence-corrected chi connectivity index (χ3v) is 6.10. The molecular formula is C28H30. The Morgan fingerprint density at radius 3 is 2.36 bits per heavy atom. The van der Waals surface area contributed by atoms with E-state index in [0.29, 0.717) is 5.92 Å². The number of benzene rings is 3. The summed E-state index contributed by atoms with van der Waals surface area (Å²) in [6, 6.07) is 25.2. The zero-order chi connectivity index (χ0) is 19.5. The number of rotatable bonds is 5. The SMILES string of the molecule is C=C(C)c1ccc(C2Cc3ccccc3-c3ccc(CCCC)cc3C2)cc1. The third kappa shape index (κ3) is 3.83. The highest BCUT2D eigenvalue weighted by molar-refractivity contribution is 5.72. The molecule has 0 saturated heterocycles. The van der Waals surface area contributed by atoms with Gasteiger partial charge >= 0.3 is 0 Å². The van der Waals surface area contributed by atoms with Gasteiger partial charge in [0.15, 0.2) is 0 Å². The molecule has 0 nitrogen and oxygen atoms in total. The number of unbranched alkanes of at least 4 members (excludes halogenated alkanes) is 1. The second kappa shape index (κ2) is 8.19. The van der Waals surface area contributed by atoms with E-state index < -0.39 is 0 Å². The van der Waals surface area contributed by atoms with E-state index in [2.05, 4.69) is 87.2 Å². The van der Waals surface area contributed by atoms with Gasteiger partial charge < -0.3 is 0 Å². The van der Waals surface area contributed by atoms with Gasteiger partial charge in [0.05, 0.1) is 0 Å². The summed E-state index contributed by atoms with van der Waals surface area (Å²) in [7, 11) is 0. The van der Waals surface area contributed by atoms with Gasteiger partial charge in [-0.25, -0.2) is 0 Å². The van der Waals surface area contributed by atoms with Crippen LogP contribution in [-0.4, -0.2) is 0 Å². The number of fused-ring (bicyclic) bond motifs is 3. The van der Waals surface area contributed by atoms with Crippen LogP contribution in [0.25, 0.3) is 16.7 Å². The maximum atomic E-state index is 4.08. The molecule has 0 amide bonds. The molecule has 1 atom stereocenters. The molecule has 0 bridgehead atoms. The zero-order valence-electron chi connectivity index (χ0n) is 17.2. The van der Waals surface area contributed by atoms with Crippen LogP contribution in [-0.2, 0) is 19.3 Å². The van der Waals surface area contributed by atoms with Crippen LogP contribution < -0.4 is 0 Å². The predicted octanol–water partition coefficient (Wildman–Crippen LogP) is 7.61. The smallest absolute Gasteiger partial charge is 0.00806 e. The minimum absolute atomic E-state index is 0.517. The van der Waals surface area contributed by atoms with Crippen LogP contribution in [0.1, 0.15) is 60.4 Å². The molecule has 4 rings (SSSR count). The van der Waals surface area contributed by atoms with Crippen molar-refractivity contribution in [2.45, 2.75) is 51.9 Å². The minimum atomic E-state index is 0.517. The Balaban J connectivity index is 1.75. The highest BCUT2D eigenvalue weighted by Crippen LogP contribution is 2.38. The predicted molar refractivity (Wildman–Crippen MR) is 122 cm³/mol. The molecular weight excluding hydrogens is 336 g/mol. The maximum absolute atomic E-state index is 4.08. The van der Waals surface area contributed by atoms with E-state index in [1.54, 1.807) is 0 Å². The zero-order valence-corrected chi connectivity index (χ0v) is 17.2. The van der Waals surface area contributed by atoms with Gasteiger partial charge in [0, 0.05) is 0 Å². The second-order valence-corrected chi connectivity index (χ2v) is 8.26. The molecule has 28 heavy (non-hydrogen) atoms. The highest BCUT2D eigenvalue weighted by Gasteiger charge is 2.22. The van der Waals surface area contributed by atoms with E-state index in [-0.39, 0.29) is 0 Å². The molecule has 0 fully saturated rings. The van der Waals surface area contributed by atoms with Crippen LogP contribution in [0, 0.1) is 0 Å². The summed E-state index contributed by atoms with van der Waals surface area (Å²) in [6.45, 7) is 8.42. The Morgan fingerprint density at radius 1 is 0.893 bits per heavy atom. The van der Waals surface area contributed by atoms with E-state index in [4.69, 9.17) is 0 Å². The van der Waals surface area contributed by atoms with Gasteiger partial charge in [-0.2, -0.15) is 0 Å². The summed E-state index contributed by atoms with van der Waals surface area (Å²) in [5.74, 6) is 0.517. The first-order valence-electron chi connectivity index (χ1n) is 10.6. The fourth-order valence-corrected chi connectivity index (χ4v) is 4.45. The lowest BCUT2D eigenvalue weighted by Gasteiger charge is -2.17. The quantitative estimate of drug-likeness (QED) is 0.436. The Kier molecular flexibility index (Phi) is 5.48. The van der Waals surface area contributed by atoms with Crippen molar-refractivity contribution in [3.05, 3.63) is 101 Å². The summed E-state index contributed by atoms with van der Waals surface area (Å²) < 4.78 is 0. The molecule has 0 aliphatic heterocycles. The summed E-state index contributed by atoms with van der Waals surface area (Å²) in [4.78, 5) is 0. The van der Waals surface area contributed by atoms with E-state index in [1.165, 1.54) is 58.2 Å². The minimum Gasteiger partial charge on any atom is -0.0955 e. The molecule has 0 spiro atoms. The molecule has 1 aliphatic rings. The van der Waals surface area contributed by atoms with Gasteiger partial charge in [-0.15, -0.1) is 0 Å². The lowest BCUT2D eigenvalue weighted by molar-refractivity contribution is 0.687. The molecule has 0 radical (unpaired) electrons. The molecule has 0 heterocycles. The lowest BCUT2D eigenvalue weighted by atomic mass is 9.87. The largest absolute Gasteiger partial charge is 0.0955 e. The molecule has 0 heteroatoms. The Hall–Kier alpha value is -2.60. The van der Waals surface area contributed by atoms with Crippen molar-refractivity contribution in [1.82, 2.24) is 0 Å². The van der Waals surface area contributed by atoms with Crippen molar-refractivity contribution in [2.75, 3.05) is 0 Å². The summed E-state index contributed by atoms with van der Waals surface area (Å²) >= 11 is 0. The summed E-state index contributed by atoms with van der Waals surface area (Å²) in [5.41, 5.74) is 11.1. The first-order chi connectivity index (χ1) is 13.7. The van der Waals surface area contributed by atoms with Crippen molar-refractivity contribution in [2.24, 2.45) is 0 Å². The topological polar surface area (TPSA) is 0 Å². The Labute approximate surface area is 169 Å². The normalized spacial score (nSPS) is 15.4. The molecule has 3 aromatic rings. The average molecular weight is 367 g/mol. The van der Waals surface area contributed by atoms with Crippen LogP contribution in [0.3, 0.4) is 0 Å². The third-order valence-electron chi connectivity index (χ3n) is 6.10. The van der Waals surface area contributed by atoms with Gasteiger partial charge in [-0.05, 0) is 77.5 Å². The highest BCUT2D eigenvalue weighted by atomic mass is 14.3. The summed E-state index contributed by atoms with van der Waals surface area (Å²) in [6.07, 6.45) is 5.90. The van der Waals surface area contributed by atoms with Crippen LogP contribution in [0.4, 0.5) is 0 Å². The lowest BCUT2D eigenvalue weighted by Crippen LogP contribution is -2.05. The number of allylic oxidation sites excluding steroid dienone is 1. The fraction of sp³-hybridized carbons (Fsp3) is 0.286. The van der Waals surface area contributed by atoms with Crippen molar-refractivity contribution in [1.29, 1.82) is 0 Å². The monoisotopic (exact) mass is 366 g/mol. The van der Waals surface area contributed by atoms with Gasteiger partial charge in [0.1, 0.15) is 0 Å². The fourth-order valence-electron chi connectivity index (χ4n) is 4.45. The Bertz CT molecular complexity index is 975. The average Bonchev–Trinajstić information content (AvgIpc) is 2.88. The first-order valence-corrected chi connectivity index (χ1v) is 10.6. The molecule has 3 aromatic carbocycles. The standard InChI is InChI=1S/C28H30/c1-4-5-8-21-11-16-28-26(17-21)19-25(18-24-9-6-7-10-27(24)28)23-14-12-22(13-15-23)20(2)3/h6-7,9-17,25H,2,4-5,8,18-19H2,1,3H3. The van der Waals surface area contributed by atoms with E-state index >= 15 is 0 Å². The van der Waals surface area contributed by atoms with Crippen LogP contribution >= 0.6 is 0 Å². The molecule has 1 aliphatic carbocycles. The van der Waals surface area contributed by atoms with Gasteiger partial charge in [-0.3, -0.25) is 0 Å². The van der Waals surface area contributed by atoms with Gasteiger partial charge in [0.2, 0.25) is 0 Å². The van der Waals surface area contributed by atoms with Gasteiger partial charge in [-0.1, -0.05) is 92.2 Å². The second-order valence-electron chi connectivity index (χ2n) is 8.26. The molecule has 1 unspecified atom stereocenters. The molecule has 0 aromatic heterocycles. The van der Waals surface area contributed by atoms with Gasteiger partial charge in [0.25, 0.3) is 0 Å². The van der Waals surface area contributed by atoms with E-state index in [9.17, 15) is 0 Å². The number of aryl methyl sites for hydroxylation is 1. The summed E-state index contributed by atoms with van der Waals surface area (Å²) in [5, 5.41) is 0. The Morgan fingerprint density at radius 2 is 1.61 bits per heavy atom. The van der Waals surface area contributed by atoms with E-state index in [0.717, 1.165) is 18.4 Å². The number of hydrogen-bond acceptors (Lipinski definition) is 0. The molecule has 0 N–H and O–H groups in total. The van der Waals surface area contributed by atoms with Crippen molar-refractivity contribution in [3.63, 3.8) is 0 Å². The number of hydrogen-bond donors (Lipinski definition) is 0. The molecule has 0 saturated carbocycles. The van der Waals surface area contributed by atoms with Crippen LogP contribution in [0.5, 0.6) is 0 Å². The van der Waals surface area contributed by atoms with Crippen molar-refractivity contribution in [3.8, 4) is 11.1 Å².